The van der Waals surface area contributed by atoms with Crippen LogP contribution in [0.3, 0.4) is 0 Å². The van der Waals surface area contributed by atoms with Gasteiger partial charge in [0.1, 0.15) is 5.02 Å². The highest BCUT2D eigenvalue weighted by atomic mass is 79.9. The Balaban J connectivity index is 0.000000214. The zero-order chi connectivity index (χ0) is 64.5. The van der Waals surface area contributed by atoms with E-state index in [0.29, 0.717) is 73.2 Å². The fraction of sp³-hybridized carbons (Fsp3) is 0.279. The molecular formula is C61H67BrClN11O13S. The molecule has 0 aliphatic rings. The van der Waals surface area contributed by atoms with Gasteiger partial charge in [-0.2, -0.15) is 0 Å². The lowest BCUT2D eigenvalue weighted by Gasteiger charge is -2.07. The summed E-state index contributed by atoms with van der Waals surface area (Å²) in [7, 11) is 0. The normalized spacial score (nSPS) is 10.6. The summed E-state index contributed by atoms with van der Waals surface area (Å²) in [5, 5.41) is 8.56. The van der Waals surface area contributed by atoms with Crippen molar-refractivity contribution in [2.45, 2.75) is 104 Å². The van der Waals surface area contributed by atoms with Gasteiger partial charge >= 0.3 is 28.7 Å². The Hall–Kier alpha value is -9.40. The van der Waals surface area contributed by atoms with E-state index in [0.717, 1.165) is 76.6 Å². The third-order valence-corrected chi connectivity index (χ3v) is 14.8. The number of aryl methyl sites for hydroxylation is 5. The summed E-state index contributed by atoms with van der Waals surface area (Å²) in [4.78, 5) is 143. The van der Waals surface area contributed by atoms with E-state index in [1.807, 2.05) is 97.1 Å². The predicted molar refractivity (Wildman–Crippen MR) is 340 cm³/mol. The molecule has 4 aromatic heterocycles. The topological polar surface area (TPSA) is 386 Å². The maximum absolute atomic E-state index is 11.7. The summed E-state index contributed by atoms with van der Waals surface area (Å²) < 4.78 is 6.00. The minimum absolute atomic E-state index is 0.0253. The van der Waals surface area contributed by atoms with Crippen molar-refractivity contribution in [3.05, 3.63) is 270 Å². The van der Waals surface area contributed by atoms with Crippen LogP contribution in [0.2, 0.25) is 5.02 Å². The van der Waals surface area contributed by atoms with Gasteiger partial charge in [-0.3, -0.25) is 76.6 Å². The number of hydrogen-bond donors (Lipinski definition) is 8. The fourth-order valence-electron chi connectivity index (χ4n) is 8.29. The molecule has 0 saturated carbocycles. The van der Waals surface area contributed by atoms with E-state index < -0.39 is 39.8 Å². The molecule has 24 nitrogen and oxygen atoms in total. The van der Waals surface area contributed by atoms with Gasteiger partial charge in [0.25, 0.3) is 22.2 Å². The highest BCUT2D eigenvalue weighted by Crippen LogP contribution is 2.15. The molecule has 4 aromatic carbocycles. The van der Waals surface area contributed by atoms with E-state index in [2.05, 4.69) is 35.9 Å². The molecule has 0 unspecified atom stereocenters. The third-order valence-electron chi connectivity index (χ3n) is 13.0. The van der Waals surface area contributed by atoms with Crippen LogP contribution in [-0.2, 0) is 70.4 Å². The number of primary amides is 3. The van der Waals surface area contributed by atoms with Gasteiger partial charge in [0.05, 0.1) is 36.4 Å². The van der Waals surface area contributed by atoms with Gasteiger partial charge < -0.3 is 22.3 Å². The molecule has 3 amide bonds. The summed E-state index contributed by atoms with van der Waals surface area (Å²) in [6.07, 6.45) is 11.5. The third kappa shape index (κ3) is 24.2. The van der Waals surface area contributed by atoms with Gasteiger partial charge in [-0.15, -0.1) is 11.8 Å². The number of carboxylic acid groups (broad SMARTS) is 1. The highest BCUT2D eigenvalue weighted by Gasteiger charge is 2.09. The van der Waals surface area contributed by atoms with Crippen molar-refractivity contribution in [1.82, 2.24) is 38.2 Å². The number of benzene rings is 4. The van der Waals surface area contributed by atoms with Crippen molar-refractivity contribution in [2.24, 2.45) is 17.2 Å². The van der Waals surface area contributed by atoms with Gasteiger partial charge in [-0.05, 0) is 113 Å². The van der Waals surface area contributed by atoms with Gasteiger partial charge in [-0.25, -0.2) is 19.2 Å². The first kappa shape index (κ1) is 69.4. The second kappa shape index (κ2) is 34.7. The van der Waals surface area contributed by atoms with Crippen LogP contribution in [0.1, 0.15) is 94.2 Å². The molecule has 0 saturated heterocycles. The van der Waals surface area contributed by atoms with E-state index in [1.165, 1.54) is 48.6 Å². The lowest BCUT2D eigenvalue weighted by molar-refractivity contribution is -0.134. The van der Waals surface area contributed by atoms with Crippen molar-refractivity contribution in [3.63, 3.8) is 0 Å². The van der Waals surface area contributed by atoms with Crippen molar-refractivity contribution >= 4 is 63.0 Å². The van der Waals surface area contributed by atoms with Gasteiger partial charge in [0, 0.05) is 60.9 Å². The summed E-state index contributed by atoms with van der Waals surface area (Å²) in [6, 6.07) is 30.9. The minimum Gasteiger partial charge on any atom is -0.481 e. The van der Waals surface area contributed by atoms with Crippen LogP contribution in [0.4, 0.5) is 0 Å². The number of H-pyrrole nitrogens is 4. The van der Waals surface area contributed by atoms with Crippen LogP contribution in [0.5, 0.6) is 0 Å². The molecule has 8 aromatic rings. The molecule has 0 aliphatic heterocycles. The number of aromatic nitrogens is 8. The van der Waals surface area contributed by atoms with Crippen LogP contribution in [0, 0.1) is 13.8 Å². The van der Waals surface area contributed by atoms with Crippen LogP contribution in [0.15, 0.2) is 165 Å². The van der Waals surface area contributed by atoms with Crippen LogP contribution in [0.25, 0.3) is 0 Å². The van der Waals surface area contributed by atoms with Crippen LogP contribution >= 0.6 is 39.3 Å². The van der Waals surface area contributed by atoms with E-state index in [9.17, 15) is 57.5 Å². The monoisotopic (exact) mass is 1310 g/mol. The number of nitrogens with zero attached hydrogens (tertiary/aromatic N) is 4. The number of aliphatic carboxylic acids is 1. The number of rotatable bonds is 24. The molecule has 8 rings (SSSR count). The standard InChI is InChI=1S/C16H19N3O3.C15H16BrN3O3.C15H16ClN3O3.C15H16N2O4S/c1-11-9-19(16(22)18-15(11)21)10-13-7-5-12(6-8-13)3-2-4-14(17)20;2*16-12-9-19(15(22)18-14(12)21)8-11-6-4-10(5-7-11)2-1-3-13(17)20;1-10-6-17(15(21)16-14(10)20)7-11-2-4-12(5-3-11)8-22-9-13(18)19/h5-9H,2-4,10H2,1H3,(H2,17,20)(H,18,21,22);2*4-7,9H,1-3,8H2,(H2,17,20)(H,18,21,22);2-6H,7-9H2,1H3,(H,18,19)(H,16,20,21). The summed E-state index contributed by atoms with van der Waals surface area (Å²) in [5.74, 6) is -0.998. The molecule has 4 heterocycles. The Morgan fingerprint density at radius 1 is 0.443 bits per heavy atom. The largest absolute Gasteiger partial charge is 0.481 e. The maximum Gasteiger partial charge on any atom is 0.328 e. The van der Waals surface area contributed by atoms with Crippen molar-refractivity contribution in [2.75, 3.05) is 5.75 Å². The second-order valence-electron chi connectivity index (χ2n) is 20.2. The summed E-state index contributed by atoms with van der Waals surface area (Å²) in [6.45, 7) is 4.78. The zero-order valence-electron chi connectivity index (χ0n) is 48.2. The van der Waals surface area contributed by atoms with E-state index in [4.69, 9.17) is 33.9 Å². The van der Waals surface area contributed by atoms with Gasteiger partial charge in [-0.1, -0.05) is 109 Å². The molecule has 0 radical (unpaired) electrons. The molecule has 11 N–H and O–H groups in total. The lowest BCUT2D eigenvalue weighted by atomic mass is 10.1. The van der Waals surface area contributed by atoms with E-state index in [1.54, 1.807) is 20.0 Å². The number of hydrogen-bond acceptors (Lipinski definition) is 13. The Labute approximate surface area is 519 Å². The Morgan fingerprint density at radius 2 is 0.727 bits per heavy atom. The van der Waals surface area contributed by atoms with Crippen molar-refractivity contribution in [1.29, 1.82) is 0 Å². The first-order valence-corrected chi connectivity index (χ1v) is 29.7. The summed E-state index contributed by atoms with van der Waals surface area (Å²) in [5.41, 5.74) is 20.8. The van der Waals surface area contributed by atoms with Crippen LogP contribution in [-0.4, -0.2) is 72.8 Å². The molecule has 464 valence electrons. The van der Waals surface area contributed by atoms with Crippen molar-refractivity contribution in [3.8, 4) is 0 Å². The molecule has 0 fully saturated rings. The zero-order valence-corrected chi connectivity index (χ0v) is 51.3. The van der Waals surface area contributed by atoms with Crippen LogP contribution < -0.4 is 62.2 Å². The number of halogens is 2. The predicted octanol–water partition coefficient (Wildman–Crippen LogP) is 4.11. The molecule has 88 heavy (non-hydrogen) atoms. The fourth-order valence-corrected chi connectivity index (χ4v) is 9.51. The number of nitrogens with one attached hydrogen (secondary N) is 4. The first-order chi connectivity index (χ1) is 41.8. The Kier molecular flexibility index (Phi) is 27.3. The van der Waals surface area contributed by atoms with E-state index in [-0.39, 0.29) is 39.6 Å². The Morgan fingerprint density at radius 3 is 1.06 bits per heavy atom. The average Bonchev–Trinajstić information content (AvgIpc) is 3.38. The molecule has 0 bridgehead atoms. The number of carbonyl (C=O) groups excluding carboxylic acids is 3. The number of carbonyl (C=O) groups is 4. The average molecular weight is 1310 g/mol. The molecule has 0 aliphatic carbocycles. The van der Waals surface area contributed by atoms with Crippen molar-refractivity contribution < 1.29 is 24.3 Å². The highest BCUT2D eigenvalue weighted by molar-refractivity contribution is 9.10. The summed E-state index contributed by atoms with van der Waals surface area (Å²) >= 11 is 10.2. The minimum atomic E-state index is -0.825. The van der Waals surface area contributed by atoms with E-state index >= 15 is 0 Å². The number of nitrogens with two attached hydrogens (primary N) is 3. The number of aromatic amines is 4. The Bertz CT molecular complexity index is 3650. The smallest absolute Gasteiger partial charge is 0.328 e. The van der Waals surface area contributed by atoms with Gasteiger partial charge in [0.15, 0.2) is 0 Å². The molecule has 0 atom stereocenters. The maximum atomic E-state index is 11.7. The molecular weight excluding hydrogens is 1240 g/mol. The second-order valence-corrected chi connectivity index (χ2v) is 22.5. The molecule has 0 spiro atoms. The molecule has 27 heteroatoms. The number of carboxylic acids is 1. The van der Waals surface area contributed by atoms with Gasteiger partial charge in [0.2, 0.25) is 17.7 Å². The number of thioether (sulfide) groups is 1. The first-order valence-electron chi connectivity index (χ1n) is 27.4. The lowest BCUT2D eigenvalue weighted by Crippen LogP contribution is -2.31. The quantitative estimate of drug-likeness (QED) is 0.0422. The SMILES string of the molecule is Cc1cn(Cc2ccc(CCCC(N)=O)cc2)c(=O)[nH]c1=O.Cc1cn(Cc2ccc(CSCC(=O)O)cc2)c(=O)[nH]c1=O.NC(=O)CCCc1ccc(Cn2cc(Br)c(=O)[nH]c2=O)cc1.NC(=O)CCCc1ccc(Cn2cc(Cl)c(=O)[nH]c2=O)cc1. The number of amides is 3.